The zero-order valence-corrected chi connectivity index (χ0v) is 15.9. The molecule has 0 saturated carbocycles. The van der Waals surface area contributed by atoms with E-state index in [-0.39, 0.29) is 11.6 Å². The smallest absolute Gasteiger partial charge is 0.227 e. The van der Waals surface area contributed by atoms with Gasteiger partial charge in [0.2, 0.25) is 5.91 Å². The number of amides is 1. The Hall–Kier alpha value is -2.89. The molecule has 1 saturated heterocycles. The van der Waals surface area contributed by atoms with Gasteiger partial charge in [-0.1, -0.05) is 12.1 Å². The van der Waals surface area contributed by atoms with E-state index >= 15 is 0 Å². The van der Waals surface area contributed by atoms with Crippen molar-refractivity contribution in [1.29, 1.82) is 0 Å². The topological polar surface area (TPSA) is 75.4 Å². The lowest BCUT2D eigenvalue weighted by Crippen LogP contribution is -2.44. The Balaban J connectivity index is 1.78. The van der Waals surface area contributed by atoms with Crippen LogP contribution in [0.1, 0.15) is 53.7 Å². The van der Waals surface area contributed by atoms with Crippen LogP contribution < -0.4 is 16.0 Å². The third kappa shape index (κ3) is 3.03. The highest BCUT2D eigenvalue weighted by molar-refractivity contribution is 5.94. The summed E-state index contributed by atoms with van der Waals surface area (Å²) >= 11 is 0. The molecule has 0 spiro atoms. The van der Waals surface area contributed by atoms with Crippen LogP contribution in [0.4, 0.5) is 15.8 Å². The molecule has 2 atom stereocenters. The number of aldehydes is 1. The van der Waals surface area contributed by atoms with E-state index in [1.54, 1.807) is 6.92 Å². The van der Waals surface area contributed by atoms with E-state index in [1.165, 1.54) is 25.0 Å². The number of hydrogen-bond donors (Lipinski definition) is 2. The molecule has 2 heterocycles. The summed E-state index contributed by atoms with van der Waals surface area (Å²) in [6.07, 6.45) is 3.38. The summed E-state index contributed by atoms with van der Waals surface area (Å²) in [6, 6.07) is 10.5. The molecule has 0 aromatic heterocycles. The van der Waals surface area contributed by atoms with Crippen molar-refractivity contribution in [2.24, 2.45) is 5.73 Å². The predicted molar refractivity (Wildman–Crippen MR) is 107 cm³/mol. The molecule has 2 aliphatic heterocycles. The third-order valence-corrected chi connectivity index (χ3v) is 6.07. The van der Waals surface area contributed by atoms with E-state index in [2.05, 4.69) is 22.3 Å². The summed E-state index contributed by atoms with van der Waals surface area (Å²) in [5, 5.41) is 3.36. The third-order valence-electron chi connectivity index (χ3n) is 6.07. The molecule has 2 aromatic rings. The molecule has 2 aliphatic rings. The first-order valence-electron chi connectivity index (χ1n) is 9.63. The van der Waals surface area contributed by atoms with Gasteiger partial charge in [-0.25, -0.2) is 4.39 Å². The van der Waals surface area contributed by atoms with E-state index in [4.69, 9.17) is 5.73 Å². The van der Waals surface area contributed by atoms with Crippen molar-refractivity contribution in [3.63, 3.8) is 0 Å². The Morgan fingerprint density at radius 2 is 2.04 bits per heavy atom. The van der Waals surface area contributed by atoms with Crippen molar-refractivity contribution < 1.29 is 14.0 Å². The average molecular weight is 381 g/mol. The standard InChI is InChI=1S/C22H24FN3O2/c1-22(21(24)28)12-19(25-20-15(13-27)9-16(23)11-18(20)22)14-5-4-6-17(10-14)26-7-2-3-8-26/h4-6,9-11,13,19,25H,2-3,7-8,12H2,1H3,(H2,24,28). The van der Waals surface area contributed by atoms with Crippen LogP contribution in [0, 0.1) is 5.82 Å². The summed E-state index contributed by atoms with van der Waals surface area (Å²) < 4.78 is 14.1. The number of primary amides is 1. The number of anilines is 2. The van der Waals surface area contributed by atoms with Crippen LogP contribution >= 0.6 is 0 Å². The van der Waals surface area contributed by atoms with Gasteiger partial charge in [0.25, 0.3) is 0 Å². The first kappa shape index (κ1) is 18.5. The second kappa shape index (κ2) is 6.93. The Kier molecular flexibility index (Phi) is 4.57. The number of nitrogens with zero attached hydrogens (tertiary/aromatic N) is 1. The van der Waals surface area contributed by atoms with Crippen molar-refractivity contribution in [3.05, 3.63) is 58.9 Å². The summed E-state index contributed by atoms with van der Waals surface area (Å²) in [5.74, 6) is -1.08. The van der Waals surface area contributed by atoms with E-state index in [9.17, 15) is 14.0 Å². The minimum absolute atomic E-state index is 0.197. The Morgan fingerprint density at radius 3 is 2.71 bits per heavy atom. The molecule has 5 nitrogen and oxygen atoms in total. The van der Waals surface area contributed by atoms with Gasteiger partial charge in [0.1, 0.15) is 5.82 Å². The predicted octanol–water partition coefficient (Wildman–Crippen LogP) is 3.54. The fourth-order valence-corrected chi connectivity index (χ4v) is 4.41. The number of nitrogens with two attached hydrogens (primary N) is 1. The van der Waals surface area contributed by atoms with Crippen molar-refractivity contribution in [3.8, 4) is 0 Å². The van der Waals surface area contributed by atoms with Crippen molar-refractivity contribution >= 4 is 23.6 Å². The minimum Gasteiger partial charge on any atom is -0.377 e. The zero-order chi connectivity index (χ0) is 19.9. The van der Waals surface area contributed by atoms with Gasteiger partial charge < -0.3 is 16.0 Å². The van der Waals surface area contributed by atoms with Gasteiger partial charge in [-0.15, -0.1) is 0 Å². The van der Waals surface area contributed by atoms with Crippen molar-refractivity contribution in [1.82, 2.24) is 0 Å². The van der Waals surface area contributed by atoms with Gasteiger partial charge in [0.15, 0.2) is 6.29 Å². The molecule has 0 aliphatic carbocycles. The van der Waals surface area contributed by atoms with Gasteiger partial charge >= 0.3 is 0 Å². The highest BCUT2D eigenvalue weighted by atomic mass is 19.1. The summed E-state index contributed by atoms with van der Waals surface area (Å²) in [7, 11) is 0. The van der Waals surface area contributed by atoms with Crippen LogP contribution in [0.3, 0.4) is 0 Å². The lowest BCUT2D eigenvalue weighted by atomic mass is 9.71. The molecule has 3 N–H and O–H groups in total. The van der Waals surface area contributed by atoms with Gasteiger partial charge in [-0.05, 0) is 61.6 Å². The van der Waals surface area contributed by atoms with Crippen LogP contribution in [0.5, 0.6) is 0 Å². The van der Waals surface area contributed by atoms with E-state index < -0.39 is 17.1 Å². The Bertz CT molecular complexity index is 939. The van der Waals surface area contributed by atoms with E-state index in [0.29, 0.717) is 24.0 Å². The highest BCUT2D eigenvalue weighted by Crippen LogP contribution is 2.46. The zero-order valence-electron chi connectivity index (χ0n) is 15.9. The van der Waals surface area contributed by atoms with Crippen molar-refractivity contribution in [2.45, 2.75) is 37.6 Å². The maximum Gasteiger partial charge on any atom is 0.227 e. The van der Waals surface area contributed by atoms with Gasteiger partial charge in [-0.2, -0.15) is 0 Å². The average Bonchev–Trinajstić information content (AvgIpc) is 3.22. The number of carbonyl (C=O) groups is 2. The molecule has 2 aromatic carbocycles. The quantitative estimate of drug-likeness (QED) is 0.795. The molecule has 28 heavy (non-hydrogen) atoms. The number of fused-ring (bicyclic) bond motifs is 1. The fourth-order valence-electron chi connectivity index (χ4n) is 4.41. The molecule has 0 bridgehead atoms. The van der Waals surface area contributed by atoms with Crippen LogP contribution in [-0.2, 0) is 10.2 Å². The monoisotopic (exact) mass is 381 g/mol. The fraction of sp³-hybridized carbons (Fsp3) is 0.364. The van der Waals surface area contributed by atoms with Crippen LogP contribution in [0.15, 0.2) is 36.4 Å². The Labute approximate surface area is 163 Å². The number of hydrogen-bond acceptors (Lipinski definition) is 4. The SMILES string of the molecule is CC1(C(N)=O)CC(c2cccc(N3CCCC3)c2)Nc2c(C=O)cc(F)cc21. The molecule has 2 unspecified atom stereocenters. The summed E-state index contributed by atoms with van der Waals surface area (Å²) in [4.78, 5) is 26.3. The van der Waals surface area contributed by atoms with E-state index in [0.717, 1.165) is 24.3 Å². The second-order valence-electron chi connectivity index (χ2n) is 7.92. The number of nitrogens with one attached hydrogen (secondary N) is 1. The first-order valence-corrected chi connectivity index (χ1v) is 9.63. The maximum atomic E-state index is 14.1. The molecule has 146 valence electrons. The van der Waals surface area contributed by atoms with E-state index in [1.807, 2.05) is 12.1 Å². The lowest BCUT2D eigenvalue weighted by molar-refractivity contribution is -0.123. The second-order valence-corrected chi connectivity index (χ2v) is 7.92. The van der Waals surface area contributed by atoms with Crippen molar-refractivity contribution in [2.75, 3.05) is 23.3 Å². The first-order chi connectivity index (χ1) is 13.4. The number of benzene rings is 2. The lowest BCUT2D eigenvalue weighted by Gasteiger charge is -2.40. The highest BCUT2D eigenvalue weighted by Gasteiger charge is 2.43. The maximum absolute atomic E-state index is 14.1. The number of halogens is 1. The molecule has 1 amide bonds. The van der Waals surface area contributed by atoms with Crippen LogP contribution in [0.2, 0.25) is 0 Å². The Morgan fingerprint density at radius 1 is 1.29 bits per heavy atom. The number of carbonyl (C=O) groups excluding carboxylic acids is 2. The normalized spacial score (nSPS) is 23.8. The molecule has 6 heteroatoms. The molecule has 4 rings (SSSR count). The number of rotatable bonds is 4. The van der Waals surface area contributed by atoms with Gasteiger partial charge in [0, 0.05) is 30.0 Å². The molecule has 1 fully saturated rings. The van der Waals surface area contributed by atoms with Crippen LogP contribution in [0.25, 0.3) is 0 Å². The summed E-state index contributed by atoms with van der Waals surface area (Å²) in [5.41, 5.74) is 7.96. The minimum atomic E-state index is -1.07. The van der Waals surface area contributed by atoms with Gasteiger partial charge in [0.05, 0.1) is 11.5 Å². The molecule has 0 radical (unpaired) electrons. The largest absolute Gasteiger partial charge is 0.377 e. The van der Waals surface area contributed by atoms with Crippen LogP contribution in [-0.4, -0.2) is 25.3 Å². The molecular formula is C22H24FN3O2. The summed E-state index contributed by atoms with van der Waals surface area (Å²) in [6.45, 7) is 3.80. The van der Waals surface area contributed by atoms with Gasteiger partial charge in [-0.3, -0.25) is 9.59 Å². The molecular weight excluding hydrogens is 357 g/mol.